The molecule has 0 saturated carbocycles. The molecule has 11 nitrogen and oxygen atoms in total. The van der Waals surface area contributed by atoms with Crippen molar-refractivity contribution in [3.63, 3.8) is 0 Å². The van der Waals surface area contributed by atoms with Crippen molar-refractivity contribution in [2.75, 3.05) is 12.3 Å². The first kappa shape index (κ1) is 25.7. The number of carboxylic acid groups (broad SMARTS) is 1. The lowest BCUT2D eigenvalue weighted by molar-refractivity contribution is -0.145. The molecule has 2 rings (SSSR count). The number of amides is 3. The van der Waals surface area contributed by atoms with E-state index in [1.165, 1.54) is 11.2 Å². The van der Waals surface area contributed by atoms with Crippen LogP contribution >= 0.6 is 12.6 Å². The zero-order valence-electron chi connectivity index (χ0n) is 18.3. The van der Waals surface area contributed by atoms with E-state index in [0.29, 0.717) is 25.1 Å². The number of likely N-dealkylation sites (tertiary alicyclic amines) is 1. The highest BCUT2D eigenvalue weighted by atomic mass is 32.1. The van der Waals surface area contributed by atoms with E-state index in [2.05, 4.69) is 33.2 Å². The highest BCUT2D eigenvalue weighted by molar-refractivity contribution is 7.80. The first-order valence-corrected chi connectivity index (χ1v) is 11.2. The number of hydrogen-bond acceptors (Lipinski definition) is 7. The third-order valence-corrected chi connectivity index (χ3v) is 5.65. The van der Waals surface area contributed by atoms with E-state index in [0.717, 1.165) is 0 Å². The van der Waals surface area contributed by atoms with Gasteiger partial charge in [0.15, 0.2) is 0 Å². The summed E-state index contributed by atoms with van der Waals surface area (Å²) in [5.74, 6) is -2.49. The number of nitrogens with one attached hydrogen (secondary N) is 3. The molecule has 0 radical (unpaired) electrons. The van der Waals surface area contributed by atoms with Crippen LogP contribution in [0.15, 0.2) is 12.5 Å². The molecule has 2 heterocycles. The molecule has 1 saturated heterocycles. The molecule has 0 aliphatic carbocycles. The van der Waals surface area contributed by atoms with E-state index in [1.54, 1.807) is 6.20 Å². The largest absolute Gasteiger partial charge is 0.480 e. The summed E-state index contributed by atoms with van der Waals surface area (Å²) in [5.41, 5.74) is 6.62. The van der Waals surface area contributed by atoms with Crippen molar-refractivity contribution >= 4 is 36.3 Å². The third kappa shape index (κ3) is 6.95. The molecule has 3 amide bonds. The van der Waals surface area contributed by atoms with Gasteiger partial charge in [-0.2, -0.15) is 12.6 Å². The van der Waals surface area contributed by atoms with E-state index >= 15 is 0 Å². The Labute approximate surface area is 192 Å². The molecular weight excluding hydrogens is 436 g/mol. The van der Waals surface area contributed by atoms with Crippen LogP contribution < -0.4 is 16.4 Å². The van der Waals surface area contributed by atoms with E-state index in [1.807, 2.05) is 13.8 Å². The van der Waals surface area contributed by atoms with E-state index in [4.69, 9.17) is 5.73 Å². The van der Waals surface area contributed by atoms with Crippen molar-refractivity contribution < 1.29 is 24.3 Å². The molecule has 6 N–H and O–H groups in total. The monoisotopic (exact) mass is 468 g/mol. The van der Waals surface area contributed by atoms with Crippen molar-refractivity contribution in [2.24, 2.45) is 11.7 Å². The molecule has 1 fully saturated rings. The third-order valence-electron chi connectivity index (χ3n) is 5.29. The number of hydrogen-bond donors (Lipinski definition) is 6. The highest BCUT2D eigenvalue weighted by Crippen LogP contribution is 2.20. The maximum atomic E-state index is 13.1. The van der Waals surface area contributed by atoms with Crippen molar-refractivity contribution in [2.45, 2.75) is 63.7 Å². The second-order valence-electron chi connectivity index (χ2n) is 8.35. The van der Waals surface area contributed by atoms with Crippen molar-refractivity contribution in [1.82, 2.24) is 25.5 Å². The molecular formula is C20H32N6O5S. The van der Waals surface area contributed by atoms with Gasteiger partial charge in [0.1, 0.15) is 18.1 Å². The van der Waals surface area contributed by atoms with E-state index in [9.17, 15) is 24.3 Å². The van der Waals surface area contributed by atoms with Gasteiger partial charge in [-0.1, -0.05) is 13.8 Å². The second kappa shape index (κ2) is 11.9. The lowest BCUT2D eigenvalue weighted by atomic mass is 10.0. The van der Waals surface area contributed by atoms with Gasteiger partial charge in [-0.3, -0.25) is 14.4 Å². The predicted octanol–water partition coefficient (Wildman–Crippen LogP) is -0.699. The van der Waals surface area contributed by atoms with Gasteiger partial charge in [0, 0.05) is 30.6 Å². The number of thiol groups is 1. The van der Waals surface area contributed by atoms with Gasteiger partial charge in [0.05, 0.1) is 12.4 Å². The number of nitrogens with zero attached hydrogens (tertiary/aromatic N) is 2. The number of carbonyl (C=O) groups excluding carboxylic acids is 3. The minimum absolute atomic E-state index is 0.0251. The average Bonchev–Trinajstić information content (AvgIpc) is 3.42. The van der Waals surface area contributed by atoms with Crippen LogP contribution in [0.2, 0.25) is 0 Å². The molecule has 4 atom stereocenters. The normalized spacial score (nSPS) is 18.8. The zero-order valence-corrected chi connectivity index (χ0v) is 19.2. The average molecular weight is 469 g/mol. The molecule has 0 bridgehead atoms. The number of carbonyl (C=O) groups is 4. The quantitative estimate of drug-likeness (QED) is 0.233. The fourth-order valence-corrected chi connectivity index (χ4v) is 3.90. The second-order valence-corrected chi connectivity index (χ2v) is 8.71. The van der Waals surface area contributed by atoms with Crippen molar-refractivity contribution in [3.05, 3.63) is 18.2 Å². The summed E-state index contributed by atoms with van der Waals surface area (Å²) < 4.78 is 0. The minimum Gasteiger partial charge on any atom is -0.480 e. The lowest BCUT2D eigenvalue weighted by Gasteiger charge is -2.29. The van der Waals surface area contributed by atoms with Crippen LogP contribution in [-0.2, 0) is 25.6 Å². The van der Waals surface area contributed by atoms with Crippen LogP contribution in [0.1, 0.15) is 38.8 Å². The molecule has 12 heteroatoms. The molecule has 1 aromatic rings. The SMILES string of the molecule is CC(C)CC(NC(=O)C1CCCN1C(=O)C(CS)NC(=O)C(N)Cc1cnc[nH]1)C(=O)O. The summed E-state index contributed by atoms with van der Waals surface area (Å²) in [6.45, 7) is 4.06. The predicted molar refractivity (Wildman–Crippen MR) is 120 cm³/mol. The molecule has 32 heavy (non-hydrogen) atoms. The highest BCUT2D eigenvalue weighted by Gasteiger charge is 2.38. The number of H-pyrrole nitrogens is 1. The van der Waals surface area contributed by atoms with Crippen LogP contribution in [0.5, 0.6) is 0 Å². The van der Waals surface area contributed by atoms with E-state index < -0.39 is 47.9 Å². The Morgan fingerprint density at radius 2 is 2.03 bits per heavy atom. The smallest absolute Gasteiger partial charge is 0.326 e. The standard InChI is InChI=1S/C20H32N6O5S/c1-11(2)6-14(20(30)31)24-18(28)16-4-3-5-26(16)19(29)15(9-32)25-17(27)13(21)7-12-8-22-10-23-12/h8,10-11,13-16,32H,3-7,9,21H2,1-2H3,(H,22,23)(H,24,28)(H,25,27)(H,30,31). The number of aromatic nitrogens is 2. The van der Waals surface area contributed by atoms with Crippen molar-refractivity contribution in [1.29, 1.82) is 0 Å². The maximum absolute atomic E-state index is 13.1. The molecule has 1 aliphatic heterocycles. The van der Waals surface area contributed by atoms with Gasteiger partial charge in [-0.05, 0) is 25.2 Å². The van der Waals surface area contributed by atoms with Gasteiger partial charge in [-0.15, -0.1) is 0 Å². The fourth-order valence-electron chi connectivity index (χ4n) is 3.65. The maximum Gasteiger partial charge on any atom is 0.326 e. The summed E-state index contributed by atoms with van der Waals surface area (Å²) in [6.07, 6.45) is 4.56. The summed E-state index contributed by atoms with van der Waals surface area (Å²) in [7, 11) is 0. The Bertz CT molecular complexity index is 802. The first-order valence-electron chi connectivity index (χ1n) is 10.6. The van der Waals surface area contributed by atoms with Gasteiger partial charge < -0.3 is 31.4 Å². The van der Waals surface area contributed by atoms with Crippen LogP contribution in [-0.4, -0.2) is 80.1 Å². The molecule has 1 aliphatic rings. The lowest BCUT2D eigenvalue weighted by Crippen LogP contribution is -2.57. The Hall–Kier alpha value is -2.60. The Kier molecular flexibility index (Phi) is 9.51. The van der Waals surface area contributed by atoms with Crippen LogP contribution in [0.4, 0.5) is 0 Å². The van der Waals surface area contributed by atoms with Gasteiger partial charge in [-0.25, -0.2) is 9.78 Å². The topological polar surface area (TPSA) is 171 Å². The number of aromatic amines is 1. The number of aliphatic carboxylic acids is 1. The zero-order chi connectivity index (χ0) is 23.8. The molecule has 4 unspecified atom stereocenters. The van der Waals surface area contributed by atoms with Crippen molar-refractivity contribution in [3.8, 4) is 0 Å². The minimum atomic E-state index is -1.12. The number of imidazole rings is 1. The fraction of sp³-hybridized carbons (Fsp3) is 0.650. The summed E-state index contributed by atoms with van der Waals surface area (Å²) in [6, 6.07) is -3.68. The number of carboxylic acids is 1. The Balaban J connectivity index is 2.00. The summed E-state index contributed by atoms with van der Waals surface area (Å²) in [5, 5.41) is 14.5. The van der Waals surface area contributed by atoms with Gasteiger partial charge in [0.2, 0.25) is 17.7 Å². The first-order chi connectivity index (χ1) is 15.1. The van der Waals surface area contributed by atoms with Crippen LogP contribution in [0.3, 0.4) is 0 Å². The summed E-state index contributed by atoms with van der Waals surface area (Å²) >= 11 is 4.18. The van der Waals surface area contributed by atoms with Crippen LogP contribution in [0.25, 0.3) is 0 Å². The number of rotatable bonds is 11. The van der Waals surface area contributed by atoms with Crippen LogP contribution in [0, 0.1) is 5.92 Å². The van der Waals surface area contributed by atoms with E-state index in [-0.39, 0.29) is 24.5 Å². The summed E-state index contributed by atoms with van der Waals surface area (Å²) in [4.78, 5) is 57.9. The van der Waals surface area contributed by atoms with Gasteiger partial charge in [0.25, 0.3) is 0 Å². The number of nitrogens with two attached hydrogens (primary N) is 1. The Morgan fingerprint density at radius 3 is 2.59 bits per heavy atom. The Morgan fingerprint density at radius 1 is 1.31 bits per heavy atom. The molecule has 0 aromatic carbocycles. The molecule has 0 spiro atoms. The molecule has 178 valence electrons. The van der Waals surface area contributed by atoms with Gasteiger partial charge >= 0.3 is 5.97 Å². The molecule has 1 aromatic heterocycles.